The summed E-state index contributed by atoms with van der Waals surface area (Å²) in [6.45, 7) is 2.55. The van der Waals surface area contributed by atoms with Gasteiger partial charge in [-0.15, -0.1) is 0 Å². The third-order valence-corrected chi connectivity index (χ3v) is 5.60. The van der Waals surface area contributed by atoms with E-state index in [1.807, 2.05) is 19.1 Å². The lowest BCUT2D eigenvalue weighted by molar-refractivity contribution is -0.117. The van der Waals surface area contributed by atoms with Crippen molar-refractivity contribution in [3.8, 4) is 11.5 Å². The number of carbonyl (C=O) groups is 2. The number of hydrazine groups is 1. The molecule has 3 aromatic rings. The van der Waals surface area contributed by atoms with Crippen LogP contribution in [0.1, 0.15) is 18.1 Å². The quantitative estimate of drug-likeness (QED) is 0.360. The van der Waals surface area contributed by atoms with Crippen molar-refractivity contribution in [2.45, 2.75) is 13.5 Å². The molecule has 0 bridgehead atoms. The molecule has 6 nitrogen and oxygen atoms in total. The number of nitrogens with one attached hydrogen (secondary N) is 1. The second-order valence-electron chi connectivity index (χ2n) is 7.15. The van der Waals surface area contributed by atoms with Crippen molar-refractivity contribution >= 4 is 46.8 Å². The molecule has 0 radical (unpaired) electrons. The number of ether oxygens (including phenoxy) is 2. The summed E-state index contributed by atoms with van der Waals surface area (Å²) in [5.74, 6) is 0.127. The first-order valence-electron chi connectivity index (χ1n) is 10.2. The molecule has 0 aliphatic carbocycles. The van der Waals surface area contributed by atoms with E-state index < -0.39 is 11.8 Å². The van der Waals surface area contributed by atoms with E-state index in [0.29, 0.717) is 39.4 Å². The molecule has 4 rings (SSSR count). The van der Waals surface area contributed by atoms with Crippen LogP contribution in [0.25, 0.3) is 6.08 Å². The molecule has 0 unspecified atom stereocenters. The number of carbonyl (C=O) groups excluding carboxylic acids is 2. The topological polar surface area (TPSA) is 67.9 Å². The first-order valence-corrected chi connectivity index (χ1v) is 11.0. The van der Waals surface area contributed by atoms with Crippen molar-refractivity contribution in [2.75, 3.05) is 11.6 Å². The zero-order valence-electron chi connectivity index (χ0n) is 17.7. The van der Waals surface area contributed by atoms with Crippen molar-refractivity contribution in [1.29, 1.82) is 0 Å². The van der Waals surface area contributed by atoms with Crippen LogP contribution in [0.2, 0.25) is 10.0 Å². The Balaban J connectivity index is 1.55. The number of amides is 2. The average Bonchev–Trinajstić information content (AvgIpc) is 3.10. The van der Waals surface area contributed by atoms with Gasteiger partial charge >= 0.3 is 0 Å². The minimum absolute atomic E-state index is 0.0331. The normalized spacial score (nSPS) is 14.5. The van der Waals surface area contributed by atoms with Gasteiger partial charge in [-0.2, -0.15) is 0 Å². The molecule has 0 spiro atoms. The summed E-state index contributed by atoms with van der Waals surface area (Å²) >= 11 is 12.0. The summed E-state index contributed by atoms with van der Waals surface area (Å²) in [4.78, 5) is 25.3. The molecule has 8 heteroatoms. The molecule has 1 heterocycles. The zero-order chi connectivity index (χ0) is 23.4. The number of halogens is 2. The molecule has 33 heavy (non-hydrogen) atoms. The second-order valence-corrected chi connectivity index (χ2v) is 7.97. The molecule has 0 aromatic heterocycles. The summed E-state index contributed by atoms with van der Waals surface area (Å²) in [6.07, 6.45) is 1.53. The highest BCUT2D eigenvalue weighted by atomic mass is 35.5. The number of hydrogen-bond donors (Lipinski definition) is 1. The Morgan fingerprint density at radius 2 is 1.70 bits per heavy atom. The van der Waals surface area contributed by atoms with E-state index >= 15 is 0 Å². The van der Waals surface area contributed by atoms with E-state index in [9.17, 15) is 9.59 Å². The van der Waals surface area contributed by atoms with Crippen LogP contribution in [-0.4, -0.2) is 18.4 Å². The van der Waals surface area contributed by atoms with E-state index in [2.05, 4.69) is 5.43 Å². The standard InChI is InChI=1S/C25H20Cl2N2O4/c1-2-32-23-14-16(9-11-22(23)33-15-17-8-10-20(26)21(27)13-17)12-19-24(30)28-29(25(19)31)18-6-4-3-5-7-18/h3-14H,2,15H2,1H3,(H,28,30)/b19-12+. The molecule has 168 valence electrons. The Labute approximate surface area is 201 Å². The molecular formula is C25H20Cl2N2O4. The summed E-state index contributed by atoms with van der Waals surface area (Å²) in [5, 5.41) is 2.16. The smallest absolute Gasteiger partial charge is 0.282 e. The molecular weight excluding hydrogens is 463 g/mol. The summed E-state index contributed by atoms with van der Waals surface area (Å²) in [7, 11) is 0. The maximum absolute atomic E-state index is 12.8. The lowest BCUT2D eigenvalue weighted by atomic mass is 10.1. The van der Waals surface area contributed by atoms with E-state index in [1.165, 1.54) is 11.1 Å². The zero-order valence-corrected chi connectivity index (χ0v) is 19.2. The van der Waals surface area contributed by atoms with E-state index in [4.69, 9.17) is 32.7 Å². The Morgan fingerprint density at radius 3 is 2.42 bits per heavy atom. The van der Waals surface area contributed by atoms with Gasteiger partial charge in [0.15, 0.2) is 11.5 Å². The number of anilines is 1. The third-order valence-electron chi connectivity index (χ3n) is 4.86. The van der Waals surface area contributed by atoms with Crippen LogP contribution in [0.15, 0.2) is 72.3 Å². The fourth-order valence-corrected chi connectivity index (χ4v) is 3.60. The molecule has 0 atom stereocenters. The third kappa shape index (κ3) is 5.13. The minimum Gasteiger partial charge on any atom is -0.490 e. The lowest BCUT2D eigenvalue weighted by Crippen LogP contribution is -2.35. The van der Waals surface area contributed by atoms with Crippen LogP contribution in [-0.2, 0) is 16.2 Å². The molecule has 0 saturated carbocycles. The van der Waals surface area contributed by atoms with Gasteiger partial charge in [0, 0.05) is 0 Å². The van der Waals surface area contributed by atoms with Crippen molar-refractivity contribution in [3.05, 3.63) is 93.5 Å². The Bertz CT molecular complexity index is 1230. The second kappa shape index (κ2) is 9.98. The Hall–Kier alpha value is -3.48. The van der Waals surface area contributed by atoms with Crippen LogP contribution in [0, 0.1) is 0 Å². The number of nitrogens with zero attached hydrogens (tertiary/aromatic N) is 1. The monoisotopic (exact) mass is 482 g/mol. The number of benzene rings is 3. The maximum Gasteiger partial charge on any atom is 0.282 e. The number of hydrogen-bond acceptors (Lipinski definition) is 4. The Morgan fingerprint density at radius 1 is 0.909 bits per heavy atom. The minimum atomic E-state index is -0.471. The molecule has 3 aromatic carbocycles. The number of rotatable bonds is 7. The van der Waals surface area contributed by atoms with E-state index in [-0.39, 0.29) is 12.2 Å². The van der Waals surface area contributed by atoms with Gasteiger partial charge in [0.05, 0.1) is 22.3 Å². The van der Waals surface area contributed by atoms with Crippen LogP contribution in [0.5, 0.6) is 11.5 Å². The largest absolute Gasteiger partial charge is 0.490 e. The summed E-state index contributed by atoms with van der Waals surface area (Å²) in [6, 6.07) is 19.4. The van der Waals surface area contributed by atoms with E-state index in [0.717, 1.165) is 5.56 Å². The fraction of sp³-hybridized carbons (Fsp3) is 0.120. The van der Waals surface area contributed by atoms with Crippen LogP contribution < -0.4 is 19.9 Å². The highest BCUT2D eigenvalue weighted by molar-refractivity contribution is 6.42. The van der Waals surface area contributed by atoms with Crippen molar-refractivity contribution in [1.82, 2.24) is 5.43 Å². The van der Waals surface area contributed by atoms with Gasteiger partial charge in [-0.3, -0.25) is 15.0 Å². The van der Waals surface area contributed by atoms with E-state index in [1.54, 1.807) is 54.6 Å². The molecule has 1 fully saturated rings. The average molecular weight is 483 g/mol. The highest BCUT2D eigenvalue weighted by Gasteiger charge is 2.34. The SMILES string of the molecule is CCOc1cc(/C=C2\C(=O)NN(c3ccccc3)C2=O)ccc1OCc1ccc(Cl)c(Cl)c1. The van der Waals surface area contributed by atoms with Crippen LogP contribution in [0.3, 0.4) is 0 Å². The maximum atomic E-state index is 12.8. The van der Waals surface area contributed by atoms with Gasteiger partial charge in [0.25, 0.3) is 11.8 Å². The molecule has 1 aliphatic heterocycles. The first-order chi connectivity index (χ1) is 16.0. The Kier molecular flexibility index (Phi) is 6.87. The predicted molar refractivity (Wildman–Crippen MR) is 128 cm³/mol. The van der Waals surface area contributed by atoms with Gasteiger partial charge in [-0.05, 0) is 60.5 Å². The number of para-hydroxylation sites is 1. The summed E-state index contributed by atoms with van der Waals surface area (Å²) in [5.41, 5.74) is 4.69. The van der Waals surface area contributed by atoms with Crippen molar-refractivity contribution < 1.29 is 19.1 Å². The van der Waals surface area contributed by atoms with Gasteiger partial charge in [-0.1, -0.05) is 53.5 Å². The highest BCUT2D eigenvalue weighted by Crippen LogP contribution is 2.31. The predicted octanol–water partition coefficient (Wildman–Crippen LogP) is 5.43. The fourth-order valence-electron chi connectivity index (χ4n) is 3.28. The summed E-state index contributed by atoms with van der Waals surface area (Å²) < 4.78 is 11.6. The van der Waals surface area contributed by atoms with Gasteiger partial charge in [-0.25, -0.2) is 5.01 Å². The van der Waals surface area contributed by atoms with Crippen molar-refractivity contribution in [2.24, 2.45) is 0 Å². The first kappa shape index (κ1) is 22.7. The van der Waals surface area contributed by atoms with Crippen LogP contribution >= 0.6 is 23.2 Å². The molecule has 1 N–H and O–H groups in total. The lowest BCUT2D eigenvalue weighted by Gasteiger charge is -2.14. The molecule has 1 saturated heterocycles. The van der Waals surface area contributed by atoms with Crippen molar-refractivity contribution in [3.63, 3.8) is 0 Å². The van der Waals surface area contributed by atoms with Gasteiger partial charge in [0.1, 0.15) is 12.2 Å². The molecule has 2 amide bonds. The van der Waals surface area contributed by atoms with Gasteiger partial charge in [0.2, 0.25) is 0 Å². The molecule has 1 aliphatic rings. The van der Waals surface area contributed by atoms with Crippen LogP contribution in [0.4, 0.5) is 5.69 Å². The van der Waals surface area contributed by atoms with Gasteiger partial charge < -0.3 is 9.47 Å².